The first-order chi connectivity index (χ1) is 11.7. The third-order valence-corrected chi connectivity index (χ3v) is 8.29. The summed E-state index contributed by atoms with van der Waals surface area (Å²) in [5, 5.41) is 0. The van der Waals surface area contributed by atoms with Gasteiger partial charge >= 0.3 is 0 Å². The molecule has 0 aromatic heterocycles. The van der Waals surface area contributed by atoms with E-state index in [1.807, 2.05) is 70.2 Å². The van der Waals surface area contributed by atoms with Crippen LogP contribution in [0.2, 0.25) is 0 Å². The summed E-state index contributed by atoms with van der Waals surface area (Å²) in [4.78, 5) is 13.9. The molecule has 0 spiro atoms. The van der Waals surface area contributed by atoms with Crippen LogP contribution >= 0.6 is 11.6 Å². The van der Waals surface area contributed by atoms with Gasteiger partial charge < -0.3 is 0 Å². The normalized spacial score (nSPS) is 29.4. The third-order valence-electron chi connectivity index (χ3n) is 5.33. The summed E-state index contributed by atoms with van der Waals surface area (Å²) in [6.45, 7) is 7.93. The molecule has 1 aliphatic rings. The zero-order chi connectivity index (χ0) is 18.4. The van der Waals surface area contributed by atoms with Gasteiger partial charge in [0.25, 0.3) is 0 Å². The van der Waals surface area contributed by atoms with Crippen LogP contribution in [0.5, 0.6) is 0 Å². The SMILES string of the molecule is Cc1ccc(S(=O)[C@@]2(Cl)[C@H](C(C)C)[C@@]2(C)C(=O)c2ccccc2)cc1. The molecule has 0 saturated heterocycles. The van der Waals surface area contributed by atoms with Crippen molar-refractivity contribution in [2.45, 2.75) is 36.8 Å². The highest BCUT2D eigenvalue weighted by Crippen LogP contribution is 2.72. The smallest absolute Gasteiger partial charge is 0.171 e. The Labute approximate surface area is 157 Å². The van der Waals surface area contributed by atoms with Crippen LogP contribution in [0.1, 0.15) is 36.7 Å². The fourth-order valence-corrected chi connectivity index (χ4v) is 6.89. The zero-order valence-corrected chi connectivity index (χ0v) is 16.5. The molecule has 3 rings (SSSR count). The number of carbonyl (C=O) groups excluding carboxylic acids is 1. The molecular formula is C21H23ClO2S. The van der Waals surface area contributed by atoms with Crippen molar-refractivity contribution >= 4 is 28.2 Å². The average Bonchev–Trinajstić information content (AvgIpc) is 3.13. The van der Waals surface area contributed by atoms with E-state index in [9.17, 15) is 9.00 Å². The van der Waals surface area contributed by atoms with Crippen molar-refractivity contribution in [3.63, 3.8) is 0 Å². The molecule has 2 aromatic carbocycles. The van der Waals surface area contributed by atoms with E-state index < -0.39 is 20.4 Å². The maximum Gasteiger partial charge on any atom is 0.171 e. The summed E-state index contributed by atoms with van der Waals surface area (Å²) in [6.07, 6.45) is 0. The van der Waals surface area contributed by atoms with Crippen molar-refractivity contribution in [2.75, 3.05) is 0 Å². The summed E-state index contributed by atoms with van der Waals surface area (Å²) in [5.41, 5.74) is 0.877. The van der Waals surface area contributed by atoms with Gasteiger partial charge in [0.1, 0.15) is 4.21 Å². The molecule has 25 heavy (non-hydrogen) atoms. The summed E-state index contributed by atoms with van der Waals surface area (Å²) in [5.74, 6) is -0.0108. The molecule has 2 nitrogen and oxygen atoms in total. The quantitative estimate of drug-likeness (QED) is 0.531. The first-order valence-electron chi connectivity index (χ1n) is 8.52. The van der Waals surface area contributed by atoms with Gasteiger partial charge in [-0.15, -0.1) is 11.6 Å². The molecule has 4 atom stereocenters. The van der Waals surface area contributed by atoms with Crippen molar-refractivity contribution in [1.82, 2.24) is 0 Å². The van der Waals surface area contributed by atoms with Crippen molar-refractivity contribution in [3.8, 4) is 0 Å². The minimum atomic E-state index is -1.47. The topological polar surface area (TPSA) is 34.1 Å². The van der Waals surface area contributed by atoms with Crippen LogP contribution < -0.4 is 0 Å². The highest BCUT2D eigenvalue weighted by molar-refractivity contribution is 7.88. The highest BCUT2D eigenvalue weighted by atomic mass is 35.5. The number of rotatable bonds is 5. The molecule has 0 aliphatic heterocycles. The molecule has 1 fully saturated rings. The minimum Gasteiger partial charge on any atom is -0.293 e. The van der Waals surface area contributed by atoms with Crippen LogP contribution in [-0.4, -0.2) is 14.2 Å². The Morgan fingerprint density at radius 3 is 2.16 bits per heavy atom. The molecule has 0 bridgehead atoms. The highest BCUT2D eigenvalue weighted by Gasteiger charge is 2.80. The number of halogens is 1. The molecule has 132 valence electrons. The fourth-order valence-electron chi connectivity index (χ4n) is 4.00. The second-order valence-electron chi connectivity index (χ2n) is 7.35. The molecule has 0 radical (unpaired) electrons. The lowest BCUT2D eigenvalue weighted by molar-refractivity contribution is 0.0892. The van der Waals surface area contributed by atoms with Crippen LogP contribution in [0.15, 0.2) is 59.5 Å². The largest absolute Gasteiger partial charge is 0.293 e. The molecule has 0 amide bonds. The van der Waals surface area contributed by atoms with Gasteiger partial charge in [-0.1, -0.05) is 61.9 Å². The van der Waals surface area contributed by atoms with E-state index in [1.54, 1.807) is 12.1 Å². The molecule has 0 heterocycles. The number of hydrogen-bond acceptors (Lipinski definition) is 2. The van der Waals surface area contributed by atoms with Crippen LogP contribution in [-0.2, 0) is 10.8 Å². The Bertz CT molecular complexity index is 816. The second-order valence-corrected chi connectivity index (χ2v) is 9.82. The number of benzene rings is 2. The van der Waals surface area contributed by atoms with Crippen LogP contribution in [0, 0.1) is 24.2 Å². The Morgan fingerprint density at radius 1 is 1.08 bits per heavy atom. The van der Waals surface area contributed by atoms with E-state index in [1.165, 1.54) is 0 Å². The predicted molar refractivity (Wildman–Crippen MR) is 103 cm³/mol. The van der Waals surface area contributed by atoms with Crippen LogP contribution in [0.25, 0.3) is 0 Å². The predicted octanol–water partition coefficient (Wildman–Crippen LogP) is 5.21. The van der Waals surface area contributed by atoms with Gasteiger partial charge in [-0.2, -0.15) is 0 Å². The molecule has 1 saturated carbocycles. The lowest BCUT2D eigenvalue weighted by atomic mass is 9.91. The summed E-state index contributed by atoms with van der Waals surface area (Å²) >= 11 is 6.96. The molecular weight excluding hydrogens is 352 g/mol. The number of hydrogen-bond donors (Lipinski definition) is 0. The van der Waals surface area contributed by atoms with Gasteiger partial charge in [0.15, 0.2) is 5.78 Å². The Kier molecular flexibility index (Phi) is 4.67. The molecule has 1 aliphatic carbocycles. The van der Waals surface area contributed by atoms with E-state index in [-0.39, 0.29) is 17.6 Å². The number of alkyl halides is 1. The summed E-state index contributed by atoms with van der Waals surface area (Å²) in [6, 6.07) is 16.7. The molecule has 1 unspecified atom stereocenters. The van der Waals surface area contributed by atoms with Crippen LogP contribution in [0.3, 0.4) is 0 Å². The minimum absolute atomic E-state index is 0.0257. The third kappa shape index (κ3) is 2.69. The second kappa shape index (κ2) is 6.37. The molecule has 4 heteroatoms. The monoisotopic (exact) mass is 374 g/mol. The molecule has 2 aromatic rings. The van der Waals surface area contributed by atoms with Crippen molar-refractivity contribution in [3.05, 3.63) is 65.7 Å². The van der Waals surface area contributed by atoms with E-state index >= 15 is 0 Å². The first kappa shape index (κ1) is 18.3. The van der Waals surface area contributed by atoms with Gasteiger partial charge in [-0.3, -0.25) is 9.00 Å². The van der Waals surface area contributed by atoms with Gasteiger partial charge in [-0.25, -0.2) is 0 Å². The number of aryl methyl sites for hydroxylation is 1. The van der Waals surface area contributed by atoms with E-state index in [0.717, 1.165) is 5.56 Å². The van der Waals surface area contributed by atoms with E-state index in [0.29, 0.717) is 10.5 Å². The number of ketones is 1. The average molecular weight is 375 g/mol. The first-order valence-corrected chi connectivity index (χ1v) is 10.0. The van der Waals surface area contributed by atoms with Crippen molar-refractivity contribution < 1.29 is 9.00 Å². The Balaban J connectivity index is 2.03. The van der Waals surface area contributed by atoms with Crippen molar-refractivity contribution in [2.24, 2.45) is 17.3 Å². The Morgan fingerprint density at radius 2 is 1.64 bits per heavy atom. The van der Waals surface area contributed by atoms with Gasteiger partial charge in [0.05, 0.1) is 16.2 Å². The molecule has 0 N–H and O–H groups in total. The lowest BCUT2D eigenvalue weighted by Gasteiger charge is -2.16. The van der Waals surface area contributed by atoms with Crippen LogP contribution in [0.4, 0.5) is 0 Å². The summed E-state index contributed by atoms with van der Waals surface area (Å²) < 4.78 is 12.3. The van der Waals surface area contributed by atoms with Gasteiger partial charge in [0, 0.05) is 16.4 Å². The zero-order valence-electron chi connectivity index (χ0n) is 15.0. The maximum absolute atomic E-state index is 13.3. The number of Topliss-reactive ketones (excluding diaryl/α,β-unsaturated/α-hetero) is 1. The van der Waals surface area contributed by atoms with Gasteiger partial charge in [0.2, 0.25) is 0 Å². The fraction of sp³-hybridized carbons (Fsp3) is 0.381. The maximum atomic E-state index is 13.3. The number of carbonyl (C=O) groups is 1. The standard InChI is InChI=1S/C21H23ClO2S/c1-14(2)18-20(4,19(23)16-8-6-5-7-9-16)21(18,22)25(24)17-12-10-15(3)11-13-17/h5-14,18H,1-4H3/t18-,20+,21+,25?/m1/s1. The van der Waals surface area contributed by atoms with E-state index in [2.05, 4.69) is 0 Å². The van der Waals surface area contributed by atoms with Crippen molar-refractivity contribution in [1.29, 1.82) is 0 Å². The lowest BCUT2D eigenvalue weighted by Crippen LogP contribution is -2.25. The van der Waals surface area contributed by atoms with E-state index in [4.69, 9.17) is 11.6 Å². The van der Waals surface area contributed by atoms with Gasteiger partial charge in [-0.05, 0) is 31.9 Å². The Hall–Kier alpha value is -1.45. The summed E-state index contributed by atoms with van der Waals surface area (Å²) in [7, 11) is -1.47.